The minimum absolute atomic E-state index is 0.190. The van der Waals surface area contributed by atoms with Crippen LogP contribution in [0.1, 0.15) is 61.9 Å². The Bertz CT molecular complexity index is 1040. The zero-order chi connectivity index (χ0) is 23.9. The SMILES string of the molecule is C/C=C1\Oc2ncc(C(=O)NCCCN3CCCCC3CC)cc2N(Cc2ccccc2)C1=O. The largest absolute Gasteiger partial charge is 0.432 e. The smallest absolute Gasteiger partial charge is 0.294 e. The lowest BCUT2D eigenvalue weighted by Crippen LogP contribution is -2.40. The van der Waals surface area contributed by atoms with Crippen LogP contribution in [-0.4, -0.2) is 47.4 Å². The summed E-state index contributed by atoms with van der Waals surface area (Å²) >= 11 is 0. The number of hydrogen-bond donors (Lipinski definition) is 1. The van der Waals surface area contributed by atoms with E-state index in [1.54, 1.807) is 24.0 Å². The van der Waals surface area contributed by atoms with Gasteiger partial charge in [-0.2, -0.15) is 0 Å². The van der Waals surface area contributed by atoms with Gasteiger partial charge < -0.3 is 15.0 Å². The van der Waals surface area contributed by atoms with E-state index in [4.69, 9.17) is 4.74 Å². The Morgan fingerprint density at radius 2 is 2.09 bits per heavy atom. The van der Waals surface area contributed by atoms with Crippen LogP contribution >= 0.6 is 0 Å². The maximum absolute atomic E-state index is 13.0. The maximum Gasteiger partial charge on any atom is 0.294 e. The molecule has 2 amide bonds. The highest BCUT2D eigenvalue weighted by Crippen LogP contribution is 2.35. The molecule has 1 atom stereocenters. The third-order valence-electron chi connectivity index (χ3n) is 6.62. The molecule has 1 aromatic carbocycles. The Kier molecular flexibility index (Phi) is 7.95. The number of carbonyl (C=O) groups excluding carboxylic acids is 2. The van der Waals surface area contributed by atoms with Crippen molar-refractivity contribution in [1.82, 2.24) is 15.2 Å². The molecule has 2 aliphatic rings. The van der Waals surface area contributed by atoms with E-state index in [0.29, 0.717) is 36.3 Å². The molecule has 2 aliphatic heterocycles. The molecule has 1 unspecified atom stereocenters. The third-order valence-corrected chi connectivity index (χ3v) is 6.62. The fourth-order valence-electron chi connectivity index (χ4n) is 4.74. The average Bonchev–Trinajstić information content (AvgIpc) is 2.88. The molecule has 0 spiro atoms. The fraction of sp³-hybridized carbons (Fsp3) is 0.444. The molecule has 0 bridgehead atoms. The zero-order valence-electron chi connectivity index (χ0n) is 20.1. The van der Waals surface area contributed by atoms with E-state index in [0.717, 1.165) is 25.1 Å². The average molecular weight is 463 g/mol. The first-order chi connectivity index (χ1) is 16.6. The molecule has 7 nitrogen and oxygen atoms in total. The van der Waals surface area contributed by atoms with Gasteiger partial charge in [0.2, 0.25) is 5.88 Å². The van der Waals surface area contributed by atoms with Gasteiger partial charge in [-0.15, -0.1) is 0 Å². The molecule has 7 heteroatoms. The quantitative estimate of drug-likeness (QED) is 0.468. The van der Waals surface area contributed by atoms with Gasteiger partial charge in [0.1, 0.15) is 5.69 Å². The Labute approximate surface area is 201 Å². The van der Waals surface area contributed by atoms with E-state index in [-0.39, 0.29) is 17.6 Å². The first kappa shape index (κ1) is 24.0. The first-order valence-electron chi connectivity index (χ1n) is 12.3. The van der Waals surface area contributed by atoms with Crippen molar-refractivity contribution in [2.45, 2.75) is 58.5 Å². The second-order valence-corrected chi connectivity index (χ2v) is 8.88. The van der Waals surface area contributed by atoms with Gasteiger partial charge in [-0.25, -0.2) is 4.98 Å². The van der Waals surface area contributed by atoms with E-state index in [1.165, 1.54) is 31.9 Å². The second kappa shape index (κ2) is 11.3. The summed E-state index contributed by atoms with van der Waals surface area (Å²) in [5.41, 5.74) is 1.91. The summed E-state index contributed by atoms with van der Waals surface area (Å²) in [5, 5.41) is 3.01. The van der Waals surface area contributed by atoms with Crippen LogP contribution in [0.4, 0.5) is 5.69 Å². The zero-order valence-corrected chi connectivity index (χ0v) is 20.1. The number of nitrogens with one attached hydrogen (secondary N) is 1. The van der Waals surface area contributed by atoms with Gasteiger partial charge in [-0.1, -0.05) is 43.7 Å². The lowest BCUT2D eigenvalue weighted by molar-refractivity contribution is -0.117. The summed E-state index contributed by atoms with van der Waals surface area (Å²) < 4.78 is 5.70. The van der Waals surface area contributed by atoms with Crippen molar-refractivity contribution >= 4 is 17.5 Å². The van der Waals surface area contributed by atoms with Crippen LogP contribution in [0.5, 0.6) is 5.88 Å². The molecule has 0 saturated carbocycles. The van der Waals surface area contributed by atoms with Crippen LogP contribution in [0, 0.1) is 0 Å². The number of pyridine rings is 1. The number of allylic oxidation sites excluding steroid dienone is 1. The lowest BCUT2D eigenvalue weighted by atomic mass is 10.00. The number of carbonyl (C=O) groups is 2. The van der Waals surface area contributed by atoms with Gasteiger partial charge >= 0.3 is 0 Å². The summed E-state index contributed by atoms with van der Waals surface area (Å²) in [5.74, 6) is 0.127. The van der Waals surface area contributed by atoms with Crippen LogP contribution in [0.3, 0.4) is 0 Å². The third kappa shape index (κ3) is 5.47. The van der Waals surface area contributed by atoms with Gasteiger partial charge in [-0.05, 0) is 56.9 Å². The molecule has 180 valence electrons. The molecule has 1 N–H and O–H groups in total. The first-order valence-corrected chi connectivity index (χ1v) is 12.3. The topological polar surface area (TPSA) is 74.8 Å². The molecule has 0 radical (unpaired) electrons. The van der Waals surface area contributed by atoms with Crippen molar-refractivity contribution in [2.24, 2.45) is 0 Å². The molecular formula is C27H34N4O3. The number of likely N-dealkylation sites (tertiary alicyclic amines) is 1. The summed E-state index contributed by atoms with van der Waals surface area (Å²) in [6, 6.07) is 12.1. The van der Waals surface area contributed by atoms with Crippen LogP contribution in [0.25, 0.3) is 0 Å². The number of anilines is 1. The predicted molar refractivity (Wildman–Crippen MR) is 133 cm³/mol. The number of aromatic nitrogens is 1. The van der Waals surface area contributed by atoms with E-state index in [2.05, 4.69) is 22.1 Å². The monoisotopic (exact) mass is 462 g/mol. The van der Waals surface area contributed by atoms with Crippen molar-refractivity contribution in [3.63, 3.8) is 0 Å². The number of fused-ring (bicyclic) bond motifs is 1. The maximum atomic E-state index is 13.0. The molecule has 34 heavy (non-hydrogen) atoms. The van der Waals surface area contributed by atoms with Gasteiger partial charge in [-0.3, -0.25) is 14.5 Å². The van der Waals surface area contributed by atoms with Crippen molar-refractivity contribution in [3.05, 3.63) is 65.6 Å². The molecule has 1 fully saturated rings. The number of nitrogens with zero attached hydrogens (tertiary/aromatic N) is 3. The summed E-state index contributed by atoms with van der Waals surface area (Å²) in [6.07, 6.45) is 9.10. The van der Waals surface area contributed by atoms with Crippen LogP contribution in [0.2, 0.25) is 0 Å². The van der Waals surface area contributed by atoms with Gasteiger partial charge in [0, 0.05) is 25.3 Å². The number of amides is 2. The molecule has 4 rings (SSSR count). The highest BCUT2D eigenvalue weighted by atomic mass is 16.5. The van der Waals surface area contributed by atoms with E-state index >= 15 is 0 Å². The van der Waals surface area contributed by atoms with Crippen molar-refractivity contribution in [2.75, 3.05) is 24.5 Å². The standard InChI is InChI=1S/C27H34N4O3/c1-3-22-13-8-9-15-30(22)16-10-14-28-25(32)21-17-23-26(29-18-21)34-24(4-2)27(33)31(23)19-20-11-6-5-7-12-20/h4-7,11-12,17-18,22H,3,8-10,13-16,19H2,1-2H3,(H,28,32)/b24-4-. The van der Waals surface area contributed by atoms with Crippen LogP contribution < -0.4 is 15.0 Å². The van der Waals surface area contributed by atoms with E-state index in [9.17, 15) is 9.59 Å². The minimum atomic E-state index is -0.245. The van der Waals surface area contributed by atoms with Gasteiger partial charge in [0.25, 0.3) is 11.8 Å². The normalized spacial score (nSPS) is 19.6. The Hall–Kier alpha value is -3.19. The molecule has 2 aromatic rings. The minimum Gasteiger partial charge on any atom is -0.432 e. The van der Waals surface area contributed by atoms with Crippen LogP contribution in [0.15, 0.2) is 54.4 Å². The Balaban J connectivity index is 1.42. The lowest BCUT2D eigenvalue weighted by Gasteiger charge is -2.35. The highest BCUT2D eigenvalue weighted by Gasteiger charge is 2.32. The molecule has 1 aromatic heterocycles. The fourth-order valence-corrected chi connectivity index (χ4v) is 4.74. The highest BCUT2D eigenvalue weighted by molar-refractivity contribution is 6.07. The van der Waals surface area contributed by atoms with Gasteiger partial charge in [0.05, 0.1) is 12.1 Å². The molecule has 0 aliphatic carbocycles. The van der Waals surface area contributed by atoms with Crippen molar-refractivity contribution < 1.29 is 14.3 Å². The number of hydrogen-bond acceptors (Lipinski definition) is 5. The van der Waals surface area contributed by atoms with Gasteiger partial charge in [0.15, 0.2) is 5.76 Å². The Morgan fingerprint density at radius 1 is 1.26 bits per heavy atom. The van der Waals surface area contributed by atoms with E-state index < -0.39 is 0 Å². The van der Waals surface area contributed by atoms with E-state index in [1.807, 2.05) is 30.3 Å². The molecular weight excluding hydrogens is 428 g/mol. The number of piperidine rings is 1. The predicted octanol–water partition coefficient (Wildman–Crippen LogP) is 4.30. The molecule has 1 saturated heterocycles. The number of benzene rings is 1. The van der Waals surface area contributed by atoms with Crippen molar-refractivity contribution in [3.8, 4) is 5.88 Å². The Morgan fingerprint density at radius 3 is 2.85 bits per heavy atom. The summed E-state index contributed by atoms with van der Waals surface area (Å²) in [4.78, 5) is 34.4. The summed E-state index contributed by atoms with van der Waals surface area (Å²) in [6.45, 7) is 7.14. The number of rotatable bonds is 8. The molecule has 3 heterocycles. The van der Waals surface area contributed by atoms with Crippen LogP contribution in [-0.2, 0) is 11.3 Å². The number of ether oxygens (including phenoxy) is 1. The second-order valence-electron chi connectivity index (χ2n) is 8.88. The summed E-state index contributed by atoms with van der Waals surface area (Å²) in [7, 11) is 0. The van der Waals surface area contributed by atoms with Crippen molar-refractivity contribution in [1.29, 1.82) is 0 Å².